The summed E-state index contributed by atoms with van der Waals surface area (Å²) in [6.07, 6.45) is 8.01. The molecular weight excluding hydrogens is 262 g/mol. The van der Waals surface area contributed by atoms with Crippen LogP contribution in [0.15, 0.2) is 18.5 Å². The number of amides is 1. The van der Waals surface area contributed by atoms with Crippen molar-refractivity contribution in [3.63, 3.8) is 0 Å². The Morgan fingerprint density at radius 2 is 2.05 bits per heavy atom. The summed E-state index contributed by atoms with van der Waals surface area (Å²) < 4.78 is 28.1. The first kappa shape index (κ1) is 14.9. The van der Waals surface area contributed by atoms with Gasteiger partial charge in [0.05, 0.1) is 0 Å². The molecular formula is C15H20F2N2O. The normalized spacial score (nSPS) is 16.9. The SMILES string of the molecule is Cc1cncc(C(F)(F)C(=O)NCC2CCCCC2)c1. The van der Waals surface area contributed by atoms with Crippen LogP contribution in [0.1, 0.15) is 43.2 Å². The molecule has 0 unspecified atom stereocenters. The van der Waals surface area contributed by atoms with Gasteiger partial charge in [0.25, 0.3) is 5.91 Å². The summed E-state index contributed by atoms with van der Waals surface area (Å²) in [6.45, 7) is 2.01. The van der Waals surface area contributed by atoms with E-state index in [-0.39, 0.29) is 5.56 Å². The number of hydrogen-bond donors (Lipinski definition) is 1. The third-order valence-corrected chi connectivity index (χ3v) is 3.80. The van der Waals surface area contributed by atoms with Crippen molar-refractivity contribution in [2.24, 2.45) is 5.92 Å². The third-order valence-electron chi connectivity index (χ3n) is 3.80. The monoisotopic (exact) mass is 282 g/mol. The topological polar surface area (TPSA) is 42.0 Å². The summed E-state index contributed by atoms with van der Waals surface area (Å²) >= 11 is 0. The highest BCUT2D eigenvalue weighted by Gasteiger charge is 2.41. The summed E-state index contributed by atoms with van der Waals surface area (Å²) in [5.41, 5.74) is 0.265. The van der Waals surface area contributed by atoms with Crippen LogP contribution in [-0.4, -0.2) is 17.4 Å². The largest absolute Gasteiger partial charge is 0.351 e. The lowest BCUT2D eigenvalue weighted by Gasteiger charge is -2.23. The number of nitrogens with one attached hydrogen (secondary N) is 1. The van der Waals surface area contributed by atoms with E-state index in [1.165, 1.54) is 18.7 Å². The fourth-order valence-electron chi connectivity index (χ4n) is 2.60. The second-order valence-electron chi connectivity index (χ2n) is 5.54. The molecule has 110 valence electrons. The van der Waals surface area contributed by atoms with E-state index in [1.54, 1.807) is 6.92 Å². The summed E-state index contributed by atoms with van der Waals surface area (Å²) in [6, 6.07) is 1.30. The maximum Gasteiger partial charge on any atom is 0.351 e. The van der Waals surface area contributed by atoms with Gasteiger partial charge in [-0.3, -0.25) is 9.78 Å². The maximum atomic E-state index is 14.0. The van der Waals surface area contributed by atoms with Crippen molar-refractivity contribution < 1.29 is 13.6 Å². The zero-order chi connectivity index (χ0) is 14.6. The molecule has 3 nitrogen and oxygen atoms in total. The van der Waals surface area contributed by atoms with Crippen molar-refractivity contribution in [2.45, 2.75) is 45.0 Å². The third kappa shape index (κ3) is 3.52. The first-order valence-corrected chi connectivity index (χ1v) is 7.08. The number of alkyl halides is 2. The first-order valence-electron chi connectivity index (χ1n) is 7.08. The Morgan fingerprint density at radius 3 is 2.70 bits per heavy atom. The van der Waals surface area contributed by atoms with E-state index in [0.29, 0.717) is 18.0 Å². The molecule has 1 heterocycles. The van der Waals surface area contributed by atoms with Gasteiger partial charge in [0, 0.05) is 24.5 Å². The highest BCUT2D eigenvalue weighted by atomic mass is 19.3. The molecule has 0 atom stereocenters. The molecule has 1 aliphatic carbocycles. The molecule has 0 radical (unpaired) electrons. The highest BCUT2D eigenvalue weighted by molar-refractivity contribution is 5.84. The van der Waals surface area contributed by atoms with Crippen LogP contribution in [0.25, 0.3) is 0 Å². The molecule has 0 aromatic carbocycles. The van der Waals surface area contributed by atoms with Crippen LogP contribution < -0.4 is 5.32 Å². The van der Waals surface area contributed by atoms with Crippen molar-refractivity contribution in [2.75, 3.05) is 6.54 Å². The quantitative estimate of drug-likeness (QED) is 0.921. The van der Waals surface area contributed by atoms with E-state index in [9.17, 15) is 13.6 Å². The van der Waals surface area contributed by atoms with Crippen LogP contribution in [0, 0.1) is 12.8 Å². The molecule has 20 heavy (non-hydrogen) atoms. The molecule has 1 aliphatic rings. The minimum Gasteiger partial charge on any atom is -0.350 e. The van der Waals surface area contributed by atoms with Crippen molar-refractivity contribution in [1.82, 2.24) is 10.3 Å². The first-order chi connectivity index (χ1) is 9.50. The summed E-state index contributed by atoms with van der Waals surface area (Å²) in [7, 11) is 0. The standard InChI is InChI=1S/C15H20F2N2O/c1-11-7-13(10-18-8-11)15(16,17)14(20)19-9-12-5-3-2-4-6-12/h7-8,10,12H,2-6,9H2,1H3,(H,19,20). The maximum absolute atomic E-state index is 14.0. The predicted octanol–water partition coefficient (Wildman–Crippen LogP) is 3.18. The molecule has 1 aromatic rings. The zero-order valence-electron chi connectivity index (χ0n) is 11.7. The number of pyridine rings is 1. The Balaban J connectivity index is 1.96. The Labute approximate surface area is 117 Å². The summed E-state index contributed by atoms with van der Waals surface area (Å²) in [5, 5.41) is 2.39. The molecule has 1 N–H and O–H groups in total. The fraction of sp³-hybridized carbons (Fsp3) is 0.600. The fourth-order valence-corrected chi connectivity index (χ4v) is 2.60. The van der Waals surface area contributed by atoms with Crippen molar-refractivity contribution >= 4 is 5.91 Å². The minimum absolute atomic E-state index is 0.333. The van der Waals surface area contributed by atoms with Crippen LogP contribution in [0.5, 0.6) is 0 Å². The van der Waals surface area contributed by atoms with E-state index >= 15 is 0 Å². The van der Waals surface area contributed by atoms with Gasteiger partial charge in [-0.25, -0.2) is 0 Å². The molecule has 1 aromatic heterocycles. The average molecular weight is 282 g/mol. The second kappa shape index (κ2) is 6.29. The van der Waals surface area contributed by atoms with E-state index in [2.05, 4.69) is 10.3 Å². The Bertz CT molecular complexity index is 471. The Hall–Kier alpha value is -1.52. The number of halogens is 2. The van der Waals surface area contributed by atoms with E-state index < -0.39 is 11.8 Å². The van der Waals surface area contributed by atoms with Crippen LogP contribution in [0.2, 0.25) is 0 Å². The smallest absolute Gasteiger partial charge is 0.350 e. The van der Waals surface area contributed by atoms with Crippen molar-refractivity contribution in [3.05, 3.63) is 29.6 Å². The van der Waals surface area contributed by atoms with Crippen LogP contribution >= 0.6 is 0 Å². The predicted molar refractivity (Wildman–Crippen MR) is 72.5 cm³/mol. The molecule has 2 rings (SSSR count). The molecule has 0 bridgehead atoms. The van der Waals surface area contributed by atoms with Gasteiger partial charge >= 0.3 is 5.92 Å². The summed E-state index contributed by atoms with van der Waals surface area (Å²) in [4.78, 5) is 15.5. The Morgan fingerprint density at radius 1 is 1.35 bits per heavy atom. The molecule has 1 saturated carbocycles. The minimum atomic E-state index is -3.52. The van der Waals surface area contributed by atoms with E-state index in [1.807, 2.05) is 0 Å². The molecule has 0 spiro atoms. The van der Waals surface area contributed by atoms with Gasteiger partial charge in [-0.05, 0) is 37.3 Å². The number of aromatic nitrogens is 1. The molecule has 0 saturated heterocycles. The number of nitrogens with zero attached hydrogens (tertiary/aromatic N) is 1. The van der Waals surface area contributed by atoms with Crippen molar-refractivity contribution in [1.29, 1.82) is 0 Å². The number of rotatable bonds is 4. The summed E-state index contributed by atoms with van der Waals surface area (Å²) in [5.74, 6) is -4.41. The number of hydrogen-bond acceptors (Lipinski definition) is 2. The Kier molecular flexibility index (Phi) is 4.68. The van der Waals surface area contributed by atoms with Crippen molar-refractivity contribution in [3.8, 4) is 0 Å². The van der Waals surface area contributed by atoms with Gasteiger partial charge < -0.3 is 5.32 Å². The number of carbonyl (C=O) groups is 1. The van der Waals surface area contributed by atoms with Gasteiger partial charge in [-0.1, -0.05) is 19.3 Å². The highest BCUT2D eigenvalue weighted by Crippen LogP contribution is 2.29. The van der Waals surface area contributed by atoms with Gasteiger partial charge in [-0.2, -0.15) is 8.78 Å². The van der Waals surface area contributed by atoms with Crippen LogP contribution in [0.3, 0.4) is 0 Å². The van der Waals surface area contributed by atoms with Gasteiger partial charge in [0.15, 0.2) is 0 Å². The van der Waals surface area contributed by atoms with E-state index in [4.69, 9.17) is 0 Å². The van der Waals surface area contributed by atoms with Gasteiger partial charge in [0.1, 0.15) is 0 Å². The van der Waals surface area contributed by atoms with Crippen LogP contribution in [0.4, 0.5) is 8.78 Å². The second-order valence-corrected chi connectivity index (χ2v) is 5.54. The molecule has 5 heteroatoms. The van der Waals surface area contributed by atoms with Gasteiger partial charge in [-0.15, -0.1) is 0 Å². The molecule has 1 fully saturated rings. The number of aryl methyl sites for hydroxylation is 1. The lowest BCUT2D eigenvalue weighted by Crippen LogP contribution is -2.40. The van der Waals surface area contributed by atoms with Crippen LogP contribution in [-0.2, 0) is 10.7 Å². The lowest BCUT2D eigenvalue weighted by atomic mass is 9.89. The van der Waals surface area contributed by atoms with Gasteiger partial charge in [0.2, 0.25) is 0 Å². The lowest BCUT2D eigenvalue weighted by molar-refractivity contribution is -0.147. The van der Waals surface area contributed by atoms with E-state index in [0.717, 1.165) is 31.9 Å². The molecule has 1 amide bonds. The number of carbonyl (C=O) groups excluding carboxylic acids is 1. The zero-order valence-corrected chi connectivity index (χ0v) is 11.7. The molecule has 0 aliphatic heterocycles. The average Bonchev–Trinajstić information content (AvgIpc) is 2.45.